The normalized spacial score (nSPS) is 10.4. The minimum atomic E-state index is -0.356. The Labute approximate surface area is 81.6 Å². The van der Waals surface area contributed by atoms with Crippen LogP contribution in [0.5, 0.6) is 0 Å². The first-order valence-corrected chi connectivity index (χ1v) is 4.38. The van der Waals surface area contributed by atoms with Crippen molar-refractivity contribution >= 4 is 5.97 Å². The molecule has 0 N–H and O–H groups in total. The lowest BCUT2D eigenvalue weighted by molar-refractivity contribution is 0.0526. The minimum absolute atomic E-state index is 0.356. The topological polar surface area (TPSA) is 39.4 Å². The summed E-state index contributed by atoms with van der Waals surface area (Å²) in [6, 6.07) is 7.01. The van der Waals surface area contributed by atoms with Gasteiger partial charge in [-0.3, -0.25) is 0 Å². The van der Waals surface area contributed by atoms with Gasteiger partial charge in [-0.1, -0.05) is 6.07 Å². The molecule has 1 heterocycles. The SMILES string of the molecule is CCOC(=O)c1ccc2cc[c]oc1-2. The molecule has 1 aliphatic carbocycles. The number of ether oxygens (including phenoxy) is 1. The van der Waals surface area contributed by atoms with Crippen LogP contribution in [-0.2, 0) is 4.74 Å². The van der Waals surface area contributed by atoms with E-state index in [1.807, 2.05) is 12.1 Å². The van der Waals surface area contributed by atoms with E-state index in [2.05, 4.69) is 6.26 Å². The van der Waals surface area contributed by atoms with Gasteiger partial charge in [0, 0.05) is 5.56 Å². The average Bonchev–Trinajstić information content (AvgIpc) is 2.61. The van der Waals surface area contributed by atoms with Crippen LogP contribution < -0.4 is 0 Å². The summed E-state index contributed by atoms with van der Waals surface area (Å²) in [4.78, 5) is 11.4. The lowest BCUT2D eigenvalue weighted by Gasteiger charge is -2.01. The highest BCUT2D eigenvalue weighted by molar-refractivity contribution is 5.97. The van der Waals surface area contributed by atoms with Crippen LogP contribution in [0.4, 0.5) is 0 Å². The molecule has 2 rings (SSSR count). The zero-order valence-electron chi connectivity index (χ0n) is 7.74. The smallest absolute Gasteiger partial charge is 0.341 e. The van der Waals surface area contributed by atoms with Gasteiger partial charge < -0.3 is 9.15 Å². The van der Waals surface area contributed by atoms with E-state index in [0.717, 1.165) is 5.56 Å². The molecule has 0 bridgehead atoms. The Morgan fingerprint density at radius 1 is 1.50 bits per heavy atom. The first-order chi connectivity index (χ1) is 6.83. The largest absolute Gasteiger partial charge is 0.462 e. The molecule has 0 unspecified atom stereocenters. The van der Waals surface area contributed by atoms with Crippen LogP contribution >= 0.6 is 0 Å². The fourth-order valence-corrected chi connectivity index (χ4v) is 1.31. The monoisotopic (exact) mass is 189 g/mol. The molecular weight excluding hydrogens is 180 g/mol. The highest BCUT2D eigenvalue weighted by atomic mass is 16.5. The van der Waals surface area contributed by atoms with Crippen molar-refractivity contribution in [3.8, 4) is 11.3 Å². The average molecular weight is 189 g/mol. The molecule has 2 aliphatic rings. The summed E-state index contributed by atoms with van der Waals surface area (Å²) in [5.74, 6) is 0.178. The predicted octanol–water partition coefficient (Wildman–Crippen LogP) is 2.36. The highest BCUT2D eigenvalue weighted by Crippen LogP contribution is 2.27. The van der Waals surface area contributed by atoms with Gasteiger partial charge in [0.2, 0.25) is 0 Å². The lowest BCUT2D eigenvalue weighted by atomic mass is 10.2. The lowest BCUT2D eigenvalue weighted by Crippen LogP contribution is -2.04. The highest BCUT2D eigenvalue weighted by Gasteiger charge is 2.18. The van der Waals surface area contributed by atoms with E-state index in [0.29, 0.717) is 17.9 Å². The van der Waals surface area contributed by atoms with Crippen LogP contribution in [0.2, 0.25) is 0 Å². The third kappa shape index (κ3) is 1.37. The second-order valence-corrected chi connectivity index (χ2v) is 2.81. The van der Waals surface area contributed by atoms with Gasteiger partial charge in [0.15, 0.2) is 6.26 Å². The Morgan fingerprint density at radius 3 is 3.14 bits per heavy atom. The third-order valence-electron chi connectivity index (χ3n) is 1.92. The van der Waals surface area contributed by atoms with Gasteiger partial charge >= 0.3 is 5.97 Å². The Kier molecular flexibility index (Phi) is 2.23. The number of carbonyl (C=O) groups excluding carboxylic acids is 1. The molecule has 3 heteroatoms. The summed E-state index contributed by atoms with van der Waals surface area (Å²) in [5, 5.41) is 0. The van der Waals surface area contributed by atoms with Gasteiger partial charge in [0.1, 0.15) is 11.3 Å². The molecule has 0 amide bonds. The molecule has 14 heavy (non-hydrogen) atoms. The van der Waals surface area contributed by atoms with Crippen molar-refractivity contribution in [2.45, 2.75) is 6.92 Å². The maximum Gasteiger partial charge on any atom is 0.341 e. The number of esters is 1. The molecule has 0 fully saturated rings. The van der Waals surface area contributed by atoms with Crippen LogP contribution in [0.15, 0.2) is 28.7 Å². The Hall–Kier alpha value is -1.77. The van der Waals surface area contributed by atoms with Gasteiger partial charge in [-0.05, 0) is 25.1 Å². The van der Waals surface area contributed by atoms with E-state index in [-0.39, 0.29) is 5.97 Å². The predicted molar refractivity (Wildman–Crippen MR) is 50.1 cm³/mol. The Bertz CT molecular complexity index is 417. The maximum absolute atomic E-state index is 11.4. The standard InChI is InChI=1S/C11H9O3/c1-2-13-11(12)9-6-5-8-4-3-7-14-10(8)9/h3-6H,2H2,1H3. The van der Waals surface area contributed by atoms with Gasteiger partial charge in [-0.15, -0.1) is 0 Å². The molecular formula is C11H9O3. The molecule has 0 atom stereocenters. The van der Waals surface area contributed by atoms with Crippen LogP contribution in [-0.4, -0.2) is 12.6 Å². The molecule has 0 saturated carbocycles. The molecule has 0 aromatic heterocycles. The number of hydrogen-bond acceptors (Lipinski definition) is 3. The first kappa shape index (κ1) is 8.81. The molecule has 0 aromatic rings. The third-order valence-corrected chi connectivity index (χ3v) is 1.92. The van der Waals surface area contributed by atoms with Crippen LogP contribution in [0.3, 0.4) is 0 Å². The Morgan fingerprint density at radius 2 is 2.36 bits per heavy atom. The van der Waals surface area contributed by atoms with Gasteiger partial charge in [0.25, 0.3) is 0 Å². The molecule has 0 aromatic carbocycles. The maximum atomic E-state index is 11.4. The fourth-order valence-electron chi connectivity index (χ4n) is 1.31. The van der Waals surface area contributed by atoms with Crippen LogP contribution in [0.1, 0.15) is 17.3 Å². The van der Waals surface area contributed by atoms with Gasteiger partial charge in [-0.25, -0.2) is 4.79 Å². The number of carbonyl (C=O) groups is 1. The number of rotatable bonds is 2. The molecule has 0 spiro atoms. The molecule has 3 nitrogen and oxygen atoms in total. The number of fused-ring (bicyclic) bond motifs is 1. The van der Waals surface area contributed by atoms with Crippen LogP contribution in [0, 0.1) is 6.26 Å². The summed E-state index contributed by atoms with van der Waals surface area (Å²) < 4.78 is 10.0. The second-order valence-electron chi connectivity index (χ2n) is 2.81. The van der Waals surface area contributed by atoms with E-state index < -0.39 is 0 Å². The fraction of sp³-hybridized carbons (Fsp3) is 0.182. The van der Waals surface area contributed by atoms with Crippen molar-refractivity contribution in [3.63, 3.8) is 0 Å². The summed E-state index contributed by atoms with van der Waals surface area (Å²) in [6.45, 7) is 2.13. The summed E-state index contributed by atoms with van der Waals surface area (Å²) in [6.07, 6.45) is 2.58. The molecule has 1 radical (unpaired) electrons. The van der Waals surface area contributed by atoms with Crippen molar-refractivity contribution in [1.29, 1.82) is 0 Å². The minimum Gasteiger partial charge on any atom is -0.462 e. The molecule has 0 saturated heterocycles. The van der Waals surface area contributed by atoms with E-state index in [9.17, 15) is 4.79 Å². The second kappa shape index (κ2) is 3.54. The van der Waals surface area contributed by atoms with Crippen molar-refractivity contribution in [3.05, 3.63) is 36.1 Å². The van der Waals surface area contributed by atoms with Crippen molar-refractivity contribution in [2.24, 2.45) is 0 Å². The summed E-state index contributed by atoms with van der Waals surface area (Å²) >= 11 is 0. The Balaban J connectivity index is 2.40. The van der Waals surface area contributed by atoms with E-state index in [1.54, 1.807) is 19.1 Å². The quantitative estimate of drug-likeness (QED) is 0.681. The first-order valence-electron chi connectivity index (χ1n) is 4.38. The zero-order valence-corrected chi connectivity index (χ0v) is 7.74. The van der Waals surface area contributed by atoms with E-state index in [1.165, 1.54) is 0 Å². The molecule has 1 aliphatic heterocycles. The van der Waals surface area contributed by atoms with Crippen molar-refractivity contribution in [1.82, 2.24) is 0 Å². The molecule has 71 valence electrons. The van der Waals surface area contributed by atoms with E-state index in [4.69, 9.17) is 9.15 Å². The zero-order chi connectivity index (χ0) is 9.97. The number of hydrogen-bond donors (Lipinski definition) is 0. The van der Waals surface area contributed by atoms with Crippen molar-refractivity contribution < 1.29 is 13.9 Å². The van der Waals surface area contributed by atoms with Crippen molar-refractivity contribution in [2.75, 3.05) is 6.61 Å². The van der Waals surface area contributed by atoms with E-state index >= 15 is 0 Å². The summed E-state index contributed by atoms with van der Waals surface area (Å²) in [5.41, 5.74) is 1.34. The van der Waals surface area contributed by atoms with Crippen LogP contribution in [0.25, 0.3) is 11.3 Å². The van der Waals surface area contributed by atoms with Gasteiger partial charge in [-0.2, -0.15) is 0 Å². The van der Waals surface area contributed by atoms with Gasteiger partial charge in [0.05, 0.1) is 6.61 Å². The summed E-state index contributed by atoms with van der Waals surface area (Å²) in [7, 11) is 0.